The predicted octanol–water partition coefficient (Wildman–Crippen LogP) is 2.83. The van der Waals surface area contributed by atoms with Gasteiger partial charge in [-0.15, -0.1) is 0 Å². The van der Waals surface area contributed by atoms with E-state index in [2.05, 4.69) is 4.98 Å². The Labute approximate surface area is 122 Å². The van der Waals surface area contributed by atoms with Gasteiger partial charge in [0.05, 0.1) is 18.4 Å². The number of esters is 1. The Morgan fingerprint density at radius 2 is 2.05 bits per heavy atom. The number of nitrogens with zero attached hydrogens (tertiary/aromatic N) is 2. The molecule has 2 rings (SSSR count). The van der Waals surface area contributed by atoms with Gasteiger partial charge in [-0.1, -0.05) is 11.6 Å². The number of ether oxygens (including phenoxy) is 2. The lowest BCUT2D eigenvalue weighted by molar-refractivity contribution is 0.0526. The number of aromatic nitrogens is 2. The van der Waals surface area contributed by atoms with E-state index in [0.29, 0.717) is 29.7 Å². The SMILES string of the molecule is CCOC(=O)c1ccc(OCc2ncc(Cl)n2C)cc1. The highest BCUT2D eigenvalue weighted by molar-refractivity contribution is 6.29. The minimum Gasteiger partial charge on any atom is -0.486 e. The highest BCUT2D eigenvalue weighted by Gasteiger charge is 2.07. The zero-order chi connectivity index (χ0) is 14.5. The Bertz CT molecular complexity index is 593. The first kappa shape index (κ1) is 14.4. The van der Waals surface area contributed by atoms with Gasteiger partial charge in [0.25, 0.3) is 0 Å². The van der Waals surface area contributed by atoms with Gasteiger partial charge >= 0.3 is 5.97 Å². The number of rotatable bonds is 5. The molecule has 0 saturated heterocycles. The molecule has 1 heterocycles. The summed E-state index contributed by atoms with van der Waals surface area (Å²) in [6, 6.07) is 6.77. The van der Waals surface area contributed by atoms with Crippen LogP contribution in [-0.4, -0.2) is 22.1 Å². The van der Waals surface area contributed by atoms with Crippen LogP contribution in [0.1, 0.15) is 23.1 Å². The van der Waals surface area contributed by atoms with Gasteiger partial charge in [-0.25, -0.2) is 9.78 Å². The molecule has 0 unspecified atom stereocenters. The molecule has 0 N–H and O–H groups in total. The standard InChI is InChI=1S/C14H15ClN2O3/c1-3-19-14(18)10-4-6-11(7-5-10)20-9-13-16-8-12(15)17(13)2/h4-8H,3,9H2,1-2H3. The van der Waals surface area contributed by atoms with Crippen LogP contribution in [0.3, 0.4) is 0 Å². The summed E-state index contributed by atoms with van der Waals surface area (Å²) in [7, 11) is 1.82. The summed E-state index contributed by atoms with van der Waals surface area (Å²) in [4.78, 5) is 15.6. The van der Waals surface area contributed by atoms with Gasteiger partial charge in [0.15, 0.2) is 0 Å². The molecule has 6 heteroatoms. The molecule has 0 aliphatic carbocycles. The molecule has 0 radical (unpaired) electrons. The van der Waals surface area contributed by atoms with E-state index in [9.17, 15) is 4.79 Å². The molecule has 0 spiro atoms. The molecule has 1 aromatic carbocycles. The average Bonchev–Trinajstić information content (AvgIpc) is 2.77. The van der Waals surface area contributed by atoms with E-state index in [4.69, 9.17) is 21.1 Å². The molecule has 20 heavy (non-hydrogen) atoms. The smallest absolute Gasteiger partial charge is 0.338 e. The maximum atomic E-state index is 11.5. The molecule has 0 aliphatic rings. The third-order valence-electron chi connectivity index (χ3n) is 2.76. The first-order chi connectivity index (χ1) is 9.61. The quantitative estimate of drug-likeness (QED) is 0.796. The molecule has 106 valence electrons. The first-order valence-corrected chi connectivity index (χ1v) is 6.55. The van der Waals surface area contributed by atoms with Crippen molar-refractivity contribution in [1.82, 2.24) is 9.55 Å². The maximum absolute atomic E-state index is 11.5. The predicted molar refractivity (Wildman–Crippen MR) is 74.9 cm³/mol. The van der Waals surface area contributed by atoms with Gasteiger partial charge in [0.2, 0.25) is 0 Å². The van der Waals surface area contributed by atoms with Gasteiger partial charge in [-0.05, 0) is 31.2 Å². The van der Waals surface area contributed by atoms with Crippen molar-refractivity contribution in [3.05, 3.63) is 47.0 Å². The van der Waals surface area contributed by atoms with Crippen molar-refractivity contribution < 1.29 is 14.3 Å². The Morgan fingerprint density at radius 3 is 2.60 bits per heavy atom. The van der Waals surface area contributed by atoms with E-state index in [1.54, 1.807) is 42.0 Å². The first-order valence-electron chi connectivity index (χ1n) is 6.18. The minimum atomic E-state index is -0.338. The van der Waals surface area contributed by atoms with Crippen LogP contribution in [0.15, 0.2) is 30.5 Å². The lowest BCUT2D eigenvalue weighted by Gasteiger charge is -2.07. The van der Waals surface area contributed by atoms with Crippen molar-refractivity contribution in [3.8, 4) is 5.75 Å². The average molecular weight is 295 g/mol. The highest BCUT2D eigenvalue weighted by Crippen LogP contribution is 2.16. The van der Waals surface area contributed by atoms with Crippen molar-refractivity contribution in [2.24, 2.45) is 7.05 Å². The second-order valence-electron chi connectivity index (χ2n) is 4.09. The lowest BCUT2D eigenvalue weighted by atomic mass is 10.2. The van der Waals surface area contributed by atoms with Crippen molar-refractivity contribution in [2.75, 3.05) is 6.61 Å². The fourth-order valence-electron chi connectivity index (χ4n) is 1.61. The van der Waals surface area contributed by atoms with Gasteiger partial charge in [-0.2, -0.15) is 0 Å². The van der Waals surface area contributed by atoms with Gasteiger partial charge in [0, 0.05) is 7.05 Å². The van der Waals surface area contributed by atoms with Crippen LogP contribution >= 0.6 is 11.6 Å². The minimum absolute atomic E-state index is 0.308. The molecule has 0 fully saturated rings. The van der Waals surface area contributed by atoms with Gasteiger partial charge < -0.3 is 14.0 Å². The number of carbonyl (C=O) groups is 1. The number of halogens is 1. The summed E-state index contributed by atoms with van der Waals surface area (Å²) in [5.41, 5.74) is 0.499. The topological polar surface area (TPSA) is 53.4 Å². The molecule has 0 saturated carbocycles. The third-order valence-corrected chi connectivity index (χ3v) is 3.11. The Balaban J connectivity index is 1.97. The molecule has 0 bridgehead atoms. The Kier molecular flexibility index (Phi) is 4.63. The van der Waals surface area contributed by atoms with Crippen LogP contribution in [0.2, 0.25) is 5.15 Å². The third kappa shape index (κ3) is 3.30. The molecule has 2 aromatic rings. The highest BCUT2D eigenvalue weighted by atomic mass is 35.5. The molecule has 1 aromatic heterocycles. The van der Waals surface area contributed by atoms with Crippen LogP contribution < -0.4 is 4.74 Å². The Hall–Kier alpha value is -2.01. The second kappa shape index (κ2) is 6.43. The zero-order valence-corrected chi connectivity index (χ0v) is 12.1. The number of carbonyl (C=O) groups excluding carboxylic acids is 1. The summed E-state index contributed by atoms with van der Waals surface area (Å²) >= 11 is 5.89. The summed E-state index contributed by atoms with van der Waals surface area (Å²) < 4.78 is 12.2. The van der Waals surface area contributed by atoms with Crippen molar-refractivity contribution in [1.29, 1.82) is 0 Å². The van der Waals surface area contributed by atoms with Crippen LogP contribution in [0, 0.1) is 0 Å². The van der Waals surface area contributed by atoms with E-state index < -0.39 is 0 Å². The van der Waals surface area contributed by atoms with E-state index in [1.807, 2.05) is 7.05 Å². The van der Waals surface area contributed by atoms with Crippen molar-refractivity contribution >= 4 is 17.6 Å². The summed E-state index contributed by atoms with van der Waals surface area (Å²) in [5, 5.41) is 0.557. The second-order valence-corrected chi connectivity index (χ2v) is 4.48. The number of imidazole rings is 1. The number of benzene rings is 1. The van der Waals surface area contributed by atoms with Gasteiger partial charge in [0.1, 0.15) is 23.3 Å². The molecule has 0 atom stereocenters. The van der Waals surface area contributed by atoms with Gasteiger partial charge in [-0.3, -0.25) is 0 Å². The fourth-order valence-corrected chi connectivity index (χ4v) is 1.75. The van der Waals surface area contributed by atoms with Crippen molar-refractivity contribution in [2.45, 2.75) is 13.5 Å². The van der Waals surface area contributed by atoms with Crippen LogP contribution in [0.4, 0.5) is 0 Å². The molecular formula is C14H15ClN2O3. The van der Waals surface area contributed by atoms with Crippen molar-refractivity contribution in [3.63, 3.8) is 0 Å². The summed E-state index contributed by atoms with van der Waals surface area (Å²) in [6.07, 6.45) is 1.57. The van der Waals surface area contributed by atoms with E-state index >= 15 is 0 Å². The monoisotopic (exact) mass is 294 g/mol. The maximum Gasteiger partial charge on any atom is 0.338 e. The zero-order valence-electron chi connectivity index (χ0n) is 11.3. The molecule has 0 aliphatic heterocycles. The van der Waals surface area contributed by atoms with E-state index in [1.165, 1.54) is 0 Å². The lowest BCUT2D eigenvalue weighted by Crippen LogP contribution is -2.05. The Morgan fingerprint density at radius 1 is 1.35 bits per heavy atom. The molecule has 5 nitrogen and oxygen atoms in total. The summed E-state index contributed by atoms with van der Waals surface area (Å²) in [5.74, 6) is 1.04. The van der Waals surface area contributed by atoms with Crippen LogP contribution in [0.25, 0.3) is 0 Å². The fraction of sp³-hybridized carbons (Fsp3) is 0.286. The van der Waals surface area contributed by atoms with Crippen LogP contribution in [0.5, 0.6) is 5.75 Å². The van der Waals surface area contributed by atoms with Crippen LogP contribution in [-0.2, 0) is 18.4 Å². The molecular weight excluding hydrogens is 280 g/mol. The van der Waals surface area contributed by atoms with E-state index in [-0.39, 0.29) is 5.97 Å². The number of hydrogen-bond donors (Lipinski definition) is 0. The molecule has 0 amide bonds. The summed E-state index contributed by atoms with van der Waals surface area (Å²) in [6.45, 7) is 2.44. The van der Waals surface area contributed by atoms with E-state index in [0.717, 1.165) is 5.82 Å². The number of hydrogen-bond acceptors (Lipinski definition) is 4. The normalized spacial score (nSPS) is 10.3. The largest absolute Gasteiger partial charge is 0.486 e.